The Morgan fingerprint density at radius 1 is 0.435 bits per heavy atom. The van der Waals surface area contributed by atoms with Crippen LogP contribution in [0.4, 0.5) is 5.69 Å². The topological polar surface area (TPSA) is 9.29 Å². The van der Waals surface area contributed by atoms with Crippen LogP contribution in [0.25, 0.3) is 43.5 Å². The second kappa shape index (κ2) is 11.5. The molecule has 3 heteroatoms. The molecule has 1 aromatic heterocycles. The molecule has 0 aliphatic carbocycles. The van der Waals surface area contributed by atoms with Crippen molar-refractivity contribution in [3.05, 3.63) is 193 Å². The normalized spacial score (nSPS) is 11.5. The van der Waals surface area contributed by atoms with Crippen molar-refractivity contribution >= 4 is 56.3 Å². The zero-order valence-electron chi connectivity index (χ0n) is 25.2. The summed E-state index contributed by atoms with van der Waals surface area (Å²) in [6.07, 6.45) is 0. The highest BCUT2D eigenvalue weighted by Gasteiger charge is 2.41. The van der Waals surface area contributed by atoms with E-state index in [0.29, 0.717) is 5.69 Å². The van der Waals surface area contributed by atoms with Crippen molar-refractivity contribution in [1.29, 1.82) is 0 Å². The zero-order valence-corrected chi connectivity index (χ0v) is 26.2. The minimum absolute atomic E-state index is 0.665. The maximum absolute atomic E-state index is 7.80. The predicted molar refractivity (Wildman–Crippen MR) is 196 cm³/mol. The zero-order chi connectivity index (χ0) is 30.9. The van der Waals surface area contributed by atoms with Gasteiger partial charge in [0.15, 0.2) is 13.8 Å². The first-order chi connectivity index (χ1) is 22.8. The molecule has 0 saturated carbocycles. The number of fused-ring (bicyclic) bond motifs is 3. The van der Waals surface area contributed by atoms with E-state index in [9.17, 15) is 0 Å². The minimum atomic E-state index is -2.76. The standard InChI is InChI=1S/C43H30N2Si/c1-44-33-15-14-20-37(31-33)46(34-16-4-2-5-17-34,35-18-6-3-7-19-35)36-29-27-32(28-30-36)38-21-8-11-24-41(38)45-42-25-12-9-22-39(42)40-23-10-13-26-43(40)45/h2-31H. The highest BCUT2D eigenvalue weighted by atomic mass is 28.3. The van der Waals surface area contributed by atoms with E-state index in [0.717, 1.165) is 5.69 Å². The number of rotatable bonds is 6. The maximum atomic E-state index is 7.80. The molecule has 0 fully saturated rings. The fourth-order valence-corrected chi connectivity index (χ4v) is 11.9. The van der Waals surface area contributed by atoms with Gasteiger partial charge in [-0.2, -0.15) is 0 Å². The van der Waals surface area contributed by atoms with Gasteiger partial charge in [-0.3, -0.25) is 0 Å². The largest absolute Gasteiger partial charge is 0.309 e. The number of para-hydroxylation sites is 3. The Balaban J connectivity index is 1.35. The Morgan fingerprint density at radius 3 is 1.54 bits per heavy atom. The third-order valence-electron chi connectivity index (χ3n) is 9.18. The van der Waals surface area contributed by atoms with Crippen molar-refractivity contribution in [2.45, 2.75) is 0 Å². The van der Waals surface area contributed by atoms with Gasteiger partial charge in [-0.1, -0.05) is 169 Å². The Hall–Kier alpha value is -5.95. The number of aromatic nitrogens is 1. The molecule has 0 spiro atoms. The lowest BCUT2D eigenvalue weighted by atomic mass is 10.0. The molecule has 0 N–H and O–H groups in total. The molecule has 0 aliphatic rings. The summed E-state index contributed by atoms with van der Waals surface area (Å²) in [5, 5.41) is 7.59. The van der Waals surface area contributed by atoms with Gasteiger partial charge in [0.1, 0.15) is 0 Å². The first kappa shape index (κ1) is 27.6. The summed E-state index contributed by atoms with van der Waals surface area (Å²) in [7, 11) is -2.76. The molecule has 0 saturated heterocycles. The van der Waals surface area contributed by atoms with Gasteiger partial charge in [0.05, 0.1) is 23.3 Å². The minimum Gasteiger partial charge on any atom is -0.309 e. The van der Waals surface area contributed by atoms with Crippen LogP contribution < -0.4 is 20.7 Å². The molecular weight excluding hydrogens is 573 g/mol. The molecule has 0 atom stereocenters. The van der Waals surface area contributed by atoms with Crippen molar-refractivity contribution in [3.8, 4) is 16.8 Å². The summed E-state index contributed by atoms with van der Waals surface area (Å²) in [6.45, 7) is 7.80. The molecular formula is C43H30N2Si. The molecule has 8 aromatic rings. The van der Waals surface area contributed by atoms with Gasteiger partial charge in [-0.15, -0.1) is 0 Å². The first-order valence-electron chi connectivity index (χ1n) is 15.6. The molecule has 0 radical (unpaired) electrons. The quantitative estimate of drug-likeness (QED) is 0.103. The van der Waals surface area contributed by atoms with Crippen LogP contribution in [-0.4, -0.2) is 12.6 Å². The average Bonchev–Trinajstić information content (AvgIpc) is 3.48. The fraction of sp³-hybridized carbons (Fsp3) is 0. The van der Waals surface area contributed by atoms with E-state index in [4.69, 9.17) is 6.57 Å². The predicted octanol–water partition coefficient (Wildman–Crippen LogP) is 8.38. The van der Waals surface area contributed by atoms with E-state index in [1.54, 1.807) is 0 Å². The van der Waals surface area contributed by atoms with E-state index >= 15 is 0 Å². The smallest absolute Gasteiger partial charge is 0.187 e. The van der Waals surface area contributed by atoms with Crippen molar-refractivity contribution in [1.82, 2.24) is 4.57 Å². The third-order valence-corrected chi connectivity index (χ3v) is 14.0. The second-order valence-electron chi connectivity index (χ2n) is 11.6. The number of hydrogen-bond acceptors (Lipinski definition) is 0. The van der Waals surface area contributed by atoms with Crippen molar-refractivity contribution < 1.29 is 0 Å². The summed E-state index contributed by atoms with van der Waals surface area (Å²) in [5.74, 6) is 0. The first-order valence-corrected chi connectivity index (χ1v) is 17.6. The van der Waals surface area contributed by atoms with Crippen LogP contribution in [0.15, 0.2) is 182 Å². The van der Waals surface area contributed by atoms with Crippen molar-refractivity contribution in [2.24, 2.45) is 0 Å². The van der Waals surface area contributed by atoms with Crippen LogP contribution >= 0.6 is 0 Å². The molecule has 1 heterocycles. The Labute approximate surface area is 270 Å². The number of nitrogens with zero attached hydrogens (tertiary/aromatic N) is 2. The van der Waals surface area contributed by atoms with Crippen LogP contribution in [0.3, 0.4) is 0 Å². The lowest BCUT2D eigenvalue weighted by Gasteiger charge is -2.34. The summed E-state index contributed by atoms with van der Waals surface area (Å²) in [6, 6.07) is 65.3. The summed E-state index contributed by atoms with van der Waals surface area (Å²) in [4.78, 5) is 3.83. The van der Waals surface area contributed by atoms with Gasteiger partial charge >= 0.3 is 0 Å². The monoisotopic (exact) mass is 602 g/mol. The third kappa shape index (κ3) is 4.39. The van der Waals surface area contributed by atoms with Crippen LogP contribution in [0.1, 0.15) is 0 Å². The Kier molecular flexibility index (Phi) is 6.91. The van der Waals surface area contributed by atoms with Gasteiger partial charge in [-0.25, -0.2) is 4.85 Å². The fourth-order valence-electron chi connectivity index (χ4n) is 7.18. The molecule has 216 valence electrons. The highest BCUT2D eigenvalue weighted by Crippen LogP contribution is 2.35. The van der Waals surface area contributed by atoms with E-state index in [-0.39, 0.29) is 0 Å². The van der Waals surface area contributed by atoms with E-state index < -0.39 is 8.07 Å². The molecule has 46 heavy (non-hydrogen) atoms. The average molecular weight is 603 g/mol. The number of benzene rings is 7. The molecule has 8 rings (SSSR count). The maximum Gasteiger partial charge on any atom is 0.187 e. The van der Waals surface area contributed by atoms with Gasteiger partial charge in [0.2, 0.25) is 0 Å². The van der Waals surface area contributed by atoms with Crippen LogP contribution in [0.5, 0.6) is 0 Å². The van der Waals surface area contributed by atoms with Gasteiger partial charge < -0.3 is 4.57 Å². The molecule has 0 bridgehead atoms. The van der Waals surface area contributed by atoms with Crippen LogP contribution in [0.2, 0.25) is 0 Å². The Bertz CT molecular complexity index is 2270. The SMILES string of the molecule is [C-]#[N+]c1cccc([Si](c2ccccc2)(c2ccccc2)c2ccc(-c3ccccc3-n3c4ccccc4c4ccccc43)cc2)c1. The highest BCUT2D eigenvalue weighted by molar-refractivity contribution is 7.19. The van der Waals surface area contributed by atoms with E-state index in [1.807, 2.05) is 12.1 Å². The Morgan fingerprint density at radius 2 is 0.935 bits per heavy atom. The summed E-state index contributed by atoms with van der Waals surface area (Å²) < 4.78 is 2.40. The molecule has 2 nitrogen and oxygen atoms in total. The lowest BCUT2D eigenvalue weighted by Crippen LogP contribution is -2.74. The van der Waals surface area contributed by atoms with Crippen LogP contribution in [-0.2, 0) is 0 Å². The van der Waals surface area contributed by atoms with Gasteiger partial charge in [0, 0.05) is 16.3 Å². The second-order valence-corrected chi connectivity index (χ2v) is 15.4. The van der Waals surface area contributed by atoms with Gasteiger partial charge in [-0.05, 0) is 39.3 Å². The summed E-state index contributed by atoms with van der Waals surface area (Å²) >= 11 is 0. The van der Waals surface area contributed by atoms with E-state index in [2.05, 4.69) is 179 Å². The molecule has 0 amide bonds. The van der Waals surface area contributed by atoms with E-state index in [1.165, 1.54) is 53.7 Å². The molecule has 0 aliphatic heterocycles. The van der Waals surface area contributed by atoms with Crippen molar-refractivity contribution in [2.75, 3.05) is 0 Å². The number of hydrogen-bond donors (Lipinski definition) is 0. The molecule has 7 aromatic carbocycles. The summed E-state index contributed by atoms with van der Waals surface area (Å²) in [5.41, 5.74) is 6.58. The lowest BCUT2D eigenvalue weighted by molar-refractivity contribution is 1.18. The van der Waals surface area contributed by atoms with Crippen molar-refractivity contribution in [3.63, 3.8) is 0 Å². The van der Waals surface area contributed by atoms with Gasteiger partial charge in [0.25, 0.3) is 0 Å². The van der Waals surface area contributed by atoms with Crippen LogP contribution in [0, 0.1) is 6.57 Å². The molecule has 0 unspecified atom stereocenters.